The third kappa shape index (κ3) is 5.22. The number of nitrogens with two attached hydrogens (primary N) is 1. The van der Waals surface area contributed by atoms with Gasteiger partial charge in [-0.1, -0.05) is 6.07 Å². The Morgan fingerprint density at radius 3 is 2.50 bits per heavy atom. The Bertz CT molecular complexity index is 920. The molecule has 0 fully saturated rings. The van der Waals surface area contributed by atoms with E-state index in [0.29, 0.717) is 6.07 Å². The number of ether oxygens (including phenoxy) is 1. The van der Waals surface area contributed by atoms with Crippen LogP contribution in [0.15, 0.2) is 36.4 Å². The summed E-state index contributed by atoms with van der Waals surface area (Å²) in [6.07, 6.45) is -0.611. The van der Waals surface area contributed by atoms with Crippen molar-refractivity contribution in [2.75, 3.05) is 7.11 Å². The molecule has 148 valence electrons. The second kappa shape index (κ2) is 8.89. The molecule has 0 saturated heterocycles. The van der Waals surface area contributed by atoms with Crippen LogP contribution >= 0.6 is 0 Å². The molecule has 8 nitrogen and oxygen atoms in total. The topological polar surface area (TPSA) is 125 Å². The van der Waals surface area contributed by atoms with Gasteiger partial charge >= 0.3 is 0 Å². The van der Waals surface area contributed by atoms with Crippen molar-refractivity contribution in [2.24, 2.45) is 5.73 Å². The number of hydrogen-bond donors (Lipinski definition) is 2. The number of nitrogens with one attached hydrogen (secondary N) is 1. The molecule has 0 radical (unpaired) electrons. The molecule has 0 aliphatic carbocycles. The molecule has 1 atom stereocenters. The van der Waals surface area contributed by atoms with Gasteiger partial charge in [0.2, 0.25) is 11.8 Å². The smallest absolute Gasteiger partial charge is 0.269 e. The van der Waals surface area contributed by atoms with Crippen molar-refractivity contribution in [1.29, 1.82) is 0 Å². The zero-order chi connectivity index (χ0) is 20.8. The fourth-order valence-electron chi connectivity index (χ4n) is 2.56. The number of carbonyl (C=O) groups excluding carboxylic acids is 2. The standard InChI is InChI=1S/C18H17F2N3O5/c1-28-16-5-4-13(23(26)27)6-11(16)7-15(18(21)25)22-17(24)8-10-2-3-12(19)9-14(10)20/h2-6,9,15H,7-8H2,1H3,(H2,21,25)(H,22,24)/t15-/m1/s1. The number of amides is 2. The van der Waals surface area contributed by atoms with Crippen molar-refractivity contribution in [3.63, 3.8) is 0 Å². The molecule has 10 heteroatoms. The highest BCUT2D eigenvalue weighted by atomic mass is 19.1. The third-order valence-corrected chi connectivity index (χ3v) is 3.94. The average Bonchev–Trinajstić information content (AvgIpc) is 2.63. The molecule has 0 spiro atoms. The predicted molar refractivity (Wildman–Crippen MR) is 94.5 cm³/mol. The highest BCUT2D eigenvalue weighted by molar-refractivity contribution is 5.87. The Morgan fingerprint density at radius 2 is 1.93 bits per heavy atom. The van der Waals surface area contributed by atoms with Crippen LogP contribution in [-0.4, -0.2) is 29.9 Å². The summed E-state index contributed by atoms with van der Waals surface area (Å²) in [6.45, 7) is 0. The zero-order valence-electron chi connectivity index (χ0n) is 14.8. The molecule has 2 aromatic rings. The number of hydrogen-bond acceptors (Lipinski definition) is 5. The summed E-state index contributed by atoms with van der Waals surface area (Å²) in [5.74, 6) is -3.02. The van der Waals surface area contributed by atoms with Gasteiger partial charge in [-0.15, -0.1) is 0 Å². The molecule has 2 rings (SSSR count). The number of benzene rings is 2. The lowest BCUT2D eigenvalue weighted by Crippen LogP contribution is -2.46. The molecule has 0 aliphatic rings. The van der Waals surface area contributed by atoms with E-state index in [0.717, 1.165) is 12.1 Å². The summed E-state index contributed by atoms with van der Waals surface area (Å²) in [6, 6.07) is 5.35. The SMILES string of the molecule is COc1ccc([N+](=O)[O-])cc1C[C@@H](NC(=O)Cc1ccc(F)cc1F)C(N)=O. The van der Waals surface area contributed by atoms with E-state index in [1.165, 1.54) is 25.3 Å². The maximum atomic E-state index is 13.7. The molecular weight excluding hydrogens is 376 g/mol. The van der Waals surface area contributed by atoms with Crippen LogP contribution in [0.3, 0.4) is 0 Å². The minimum absolute atomic E-state index is 0.0601. The van der Waals surface area contributed by atoms with Crippen molar-refractivity contribution in [2.45, 2.75) is 18.9 Å². The minimum atomic E-state index is -1.22. The highest BCUT2D eigenvalue weighted by Gasteiger charge is 2.22. The monoisotopic (exact) mass is 393 g/mol. The number of primary amides is 1. The summed E-state index contributed by atoms with van der Waals surface area (Å²) in [7, 11) is 1.35. The summed E-state index contributed by atoms with van der Waals surface area (Å²) < 4.78 is 31.7. The molecule has 0 aromatic heterocycles. The van der Waals surface area contributed by atoms with Crippen LogP contribution in [0.4, 0.5) is 14.5 Å². The predicted octanol–water partition coefficient (Wildman–Crippen LogP) is 1.64. The molecule has 2 aromatic carbocycles. The maximum absolute atomic E-state index is 13.7. The van der Waals surface area contributed by atoms with Crippen molar-refractivity contribution < 1.29 is 28.0 Å². The molecule has 0 unspecified atom stereocenters. The van der Waals surface area contributed by atoms with E-state index in [4.69, 9.17) is 10.5 Å². The number of nitro benzene ring substituents is 1. The van der Waals surface area contributed by atoms with E-state index in [9.17, 15) is 28.5 Å². The van der Waals surface area contributed by atoms with Crippen LogP contribution in [0, 0.1) is 21.7 Å². The zero-order valence-corrected chi connectivity index (χ0v) is 14.8. The van der Waals surface area contributed by atoms with Crippen LogP contribution < -0.4 is 15.8 Å². The first-order valence-corrected chi connectivity index (χ1v) is 8.05. The number of rotatable bonds is 8. The van der Waals surface area contributed by atoms with Gasteiger partial charge in [-0.25, -0.2) is 8.78 Å². The quantitative estimate of drug-likeness (QED) is 0.521. The Morgan fingerprint density at radius 1 is 1.21 bits per heavy atom. The van der Waals surface area contributed by atoms with Crippen LogP contribution in [0.5, 0.6) is 5.75 Å². The van der Waals surface area contributed by atoms with E-state index in [2.05, 4.69) is 5.32 Å². The molecular formula is C18H17F2N3O5. The van der Waals surface area contributed by atoms with Gasteiger partial charge in [-0.3, -0.25) is 19.7 Å². The molecule has 2 amide bonds. The van der Waals surface area contributed by atoms with Crippen LogP contribution in [0.1, 0.15) is 11.1 Å². The number of carbonyl (C=O) groups is 2. The molecule has 0 heterocycles. The number of methoxy groups -OCH3 is 1. The van der Waals surface area contributed by atoms with Gasteiger partial charge in [0, 0.05) is 30.2 Å². The molecule has 28 heavy (non-hydrogen) atoms. The van der Waals surface area contributed by atoms with Crippen LogP contribution in [-0.2, 0) is 22.4 Å². The second-order valence-electron chi connectivity index (χ2n) is 5.89. The first-order valence-electron chi connectivity index (χ1n) is 8.05. The summed E-state index contributed by atoms with van der Waals surface area (Å²) in [4.78, 5) is 34.2. The number of nitro groups is 1. The summed E-state index contributed by atoms with van der Waals surface area (Å²) in [5, 5.41) is 13.3. The van der Waals surface area contributed by atoms with Crippen LogP contribution in [0.2, 0.25) is 0 Å². The molecule has 3 N–H and O–H groups in total. The van der Waals surface area contributed by atoms with Crippen molar-refractivity contribution >= 4 is 17.5 Å². The van der Waals surface area contributed by atoms with Gasteiger partial charge in [0.25, 0.3) is 5.69 Å². The van der Waals surface area contributed by atoms with Gasteiger partial charge in [-0.2, -0.15) is 0 Å². The number of non-ortho nitro benzene ring substituents is 1. The molecule has 0 saturated carbocycles. The minimum Gasteiger partial charge on any atom is -0.496 e. The normalized spacial score (nSPS) is 11.5. The lowest BCUT2D eigenvalue weighted by molar-refractivity contribution is -0.384. The van der Waals surface area contributed by atoms with Gasteiger partial charge in [0.15, 0.2) is 0 Å². The van der Waals surface area contributed by atoms with Gasteiger partial charge in [0.1, 0.15) is 23.4 Å². The van der Waals surface area contributed by atoms with Gasteiger partial charge < -0.3 is 15.8 Å². The number of halogens is 2. The summed E-state index contributed by atoms with van der Waals surface area (Å²) >= 11 is 0. The van der Waals surface area contributed by atoms with Crippen molar-refractivity contribution in [3.8, 4) is 5.75 Å². The average molecular weight is 393 g/mol. The fourth-order valence-corrected chi connectivity index (χ4v) is 2.56. The summed E-state index contributed by atoms with van der Waals surface area (Å²) in [5.41, 5.74) is 5.32. The van der Waals surface area contributed by atoms with E-state index in [-0.39, 0.29) is 29.0 Å². The van der Waals surface area contributed by atoms with E-state index in [1.54, 1.807) is 0 Å². The number of nitrogens with zero attached hydrogens (tertiary/aromatic N) is 1. The Balaban J connectivity index is 2.17. The van der Waals surface area contributed by atoms with E-state index < -0.39 is 40.8 Å². The molecule has 0 bridgehead atoms. The first-order chi connectivity index (χ1) is 13.2. The maximum Gasteiger partial charge on any atom is 0.269 e. The largest absolute Gasteiger partial charge is 0.496 e. The first kappa shape index (κ1) is 20.7. The third-order valence-electron chi connectivity index (χ3n) is 3.94. The van der Waals surface area contributed by atoms with Crippen molar-refractivity contribution in [3.05, 3.63) is 69.3 Å². The van der Waals surface area contributed by atoms with E-state index in [1.807, 2.05) is 0 Å². The van der Waals surface area contributed by atoms with Crippen molar-refractivity contribution in [1.82, 2.24) is 5.32 Å². The lowest BCUT2D eigenvalue weighted by Gasteiger charge is -2.17. The second-order valence-corrected chi connectivity index (χ2v) is 5.89. The Hall–Kier alpha value is -3.56. The lowest BCUT2D eigenvalue weighted by atomic mass is 10.0. The van der Waals surface area contributed by atoms with Crippen LogP contribution in [0.25, 0.3) is 0 Å². The Kier molecular flexibility index (Phi) is 6.59. The fraction of sp³-hybridized carbons (Fsp3) is 0.222. The van der Waals surface area contributed by atoms with Gasteiger partial charge in [0.05, 0.1) is 18.5 Å². The highest BCUT2D eigenvalue weighted by Crippen LogP contribution is 2.25. The van der Waals surface area contributed by atoms with Gasteiger partial charge in [-0.05, 0) is 17.7 Å². The molecule has 0 aliphatic heterocycles. The Labute approximate surface area is 158 Å². The van der Waals surface area contributed by atoms with E-state index >= 15 is 0 Å².